The summed E-state index contributed by atoms with van der Waals surface area (Å²) in [5.41, 5.74) is 0. The van der Waals surface area contributed by atoms with Crippen molar-refractivity contribution in [2.75, 3.05) is 6.54 Å². The molecule has 0 spiro atoms. The van der Waals surface area contributed by atoms with Crippen LogP contribution >= 0.6 is 0 Å². The molecule has 0 aromatic rings. The van der Waals surface area contributed by atoms with E-state index in [9.17, 15) is 9.59 Å². The third-order valence-electron chi connectivity index (χ3n) is 4.35. The second-order valence-electron chi connectivity index (χ2n) is 5.84. The van der Waals surface area contributed by atoms with Crippen LogP contribution < -0.4 is 5.32 Å². The van der Waals surface area contributed by atoms with Crippen LogP contribution in [0.3, 0.4) is 0 Å². The van der Waals surface area contributed by atoms with Crippen LogP contribution in [0.2, 0.25) is 0 Å². The highest BCUT2D eigenvalue weighted by molar-refractivity contribution is 5.83. The summed E-state index contributed by atoms with van der Waals surface area (Å²) in [6.07, 6.45) is 6.23. The maximum Gasteiger partial charge on any atom is 0.326 e. The highest BCUT2D eigenvalue weighted by Crippen LogP contribution is 2.44. The molecule has 3 fully saturated rings. The molecule has 1 heterocycles. The van der Waals surface area contributed by atoms with Crippen LogP contribution in [0.25, 0.3) is 0 Å². The number of hydrogen-bond donors (Lipinski definition) is 2. The first-order chi connectivity index (χ1) is 8.66. The quantitative estimate of drug-likeness (QED) is 0.795. The van der Waals surface area contributed by atoms with E-state index in [1.165, 1.54) is 30.6 Å². The van der Waals surface area contributed by atoms with E-state index in [1.807, 2.05) is 0 Å². The number of nitrogens with one attached hydrogen (secondary N) is 1. The fourth-order valence-electron chi connectivity index (χ4n) is 3.02. The monoisotopic (exact) mass is 252 g/mol. The number of hydrogen-bond acceptors (Lipinski definition) is 2. The summed E-state index contributed by atoms with van der Waals surface area (Å²) in [5.74, 6) is 0.414. The smallest absolute Gasteiger partial charge is 0.326 e. The molecule has 0 aromatic heterocycles. The number of carboxylic acids is 1. The maximum atomic E-state index is 12.2. The van der Waals surface area contributed by atoms with Crippen molar-refractivity contribution in [1.82, 2.24) is 10.2 Å². The number of carbonyl (C=O) groups excluding carboxylic acids is 1. The van der Waals surface area contributed by atoms with Crippen LogP contribution in [0.15, 0.2) is 0 Å². The molecule has 5 nitrogen and oxygen atoms in total. The molecule has 1 atom stereocenters. The van der Waals surface area contributed by atoms with Crippen LogP contribution in [-0.4, -0.2) is 40.6 Å². The van der Waals surface area contributed by atoms with E-state index < -0.39 is 12.0 Å². The van der Waals surface area contributed by atoms with Gasteiger partial charge in [-0.25, -0.2) is 9.59 Å². The molecule has 18 heavy (non-hydrogen) atoms. The zero-order valence-corrected chi connectivity index (χ0v) is 10.5. The van der Waals surface area contributed by atoms with Crippen molar-refractivity contribution in [1.29, 1.82) is 0 Å². The Bertz CT molecular complexity index is 351. The highest BCUT2D eigenvalue weighted by Gasteiger charge is 2.44. The molecule has 1 saturated heterocycles. The van der Waals surface area contributed by atoms with Crippen LogP contribution in [0.5, 0.6) is 0 Å². The van der Waals surface area contributed by atoms with Crippen molar-refractivity contribution >= 4 is 12.0 Å². The molecular weight excluding hydrogens is 232 g/mol. The van der Waals surface area contributed by atoms with Gasteiger partial charge in [-0.2, -0.15) is 0 Å². The minimum atomic E-state index is -0.878. The summed E-state index contributed by atoms with van der Waals surface area (Å²) in [5, 5.41) is 12.2. The Kier molecular flexibility index (Phi) is 2.92. The minimum Gasteiger partial charge on any atom is -0.480 e. The number of amides is 2. The van der Waals surface area contributed by atoms with E-state index in [0.717, 1.165) is 6.42 Å². The largest absolute Gasteiger partial charge is 0.480 e. The topological polar surface area (TPSA) is 69.6 Å². The van der Waals surface area contributed by atoms with Gasteiger partial charge < -0.3 is 15.3 Å². The van der Waals surface area contributed by atoms with Gasteiger partial charge in [0, 0.05) is 12.6 Å². The average molecular weight is 252 g/mol. The summed E-state index contributed by atoms with van der Waals surface area (Å²) in [6, 6.07) is -0.486. The molecule has 5 heteroatoms. The van der Waals surface area contributed by atoms with E-state index in [1.54, 1.807) is 0 Å². The zero-order valence-electron chi connectivity index (χ0n) is 10.5. The molecule has 100 valence electrons. The second kappa shape index (κ2) is 4.44. The Morgan fingerprint density at radius 1 is 1.11 bits per heavy atom. The van der Waals surface area contributed by atoms with E-state index >= 15 is 0 Å². The summed E-state index contributed by atoms with van der Waals surface area (Å²) in [6.45, 7) is 0.574. The van der Waals surface area contributed by atoms with Crippen molar-refractivity contribution in [3.05, 3.63) is 0 Å². The van der Waals surface area contributed by atoms with E-state index in [2.05, 4.69) is 5.32 Å². The molecule has 3 rings (SSSR count). The second-order valence-corrected chi connectivity index (χ2v) is 5.84. The van der Waals surface area contributed by atoms with Gasteiger partial charge in [0.05, 0.1) is 0 Å². The van der Waals surface area contributed by atoms with Gasteiger partial charge >= 0.3 is 12.0 Å². The molecule has 3 aliphatic rings. The predicted molar refractivity (Wildman–Crippen MR) is 65.1 cm³/mol. The van der Waals surface area contributed by atoms with Crippen LogP contribution in [0.1, 0.15) is 38.5 Å². The van der Waals surface area contributed by atoms with Crippen molar-refractivity contribution in [3.8, 4) is 0 Å². The fraction of sp³-hybridized carbons (Fsp3) is 0.846. The van der Waals surface area contributed by atoms with Gasteiger partial charge in [0.1, 0.15) is 6.04 Å². The van der Waals surface area contributed by atoms with E-state index in [-0.39, 0.29) is 6.03 Å². The Morgan fingerprint density at radius 3 is 2.22 bits per heavy atom. The van der Waals surface area contributed by atoms with Crippen LogP contribution in [0.4, 0.5) is 4.79 Å². The summed E-state index contributed by atoms with van der Waals surface area (Å²) < 4.78 is 0. The van der Waals surface area contributed by atoms with Gasteiger partial charge in [0.25, 0.3) is 0 Å². The Labute approximate surface area is 107 Å². The number of carboxylic acid groups (broad SMARTS) is 1. The van der Waals surface area contributed by atoms with Gasteiger partial charge in [-0.1, -0.05) is 0 Å². The molecule has 0 bridgehead atoms. The number of rotatable bonds is 4. The van der Waals surface area contributed by atoms with Gasteiger partial charge in [-0.3, -0.25) is 0 Å². The predicted octanol–water partition coefficient (Wildman–Crippen LogP) is 1.43. The van der Waals surface area contributed by atoms with Gasteiger partial charge in [-0.15, -0.1) is 0 Å². The summed E-state index contributed by atoms with van der Waals surface area (Å²) in [4.78, 5) is 24.8. The lowest BCUT2D eigenvalue weighted by atomic mass is 10.1. The van der Waals surface area contributed by atoms with Crippen molar-refractivity contribution in [2.24, 2.45) is 11.8 Å². The van der Waals surface area contributed by atoms with Crippen molar-refractivity contribution in [2.45, 2.75) is 50.6 Å². The fourth-order valence-corrected chi connectivity index (χ4v) is 3.02. The lowest BCUT2D eigenvalue weighted by molar-refractivity contribution is -0.141. The summed E-state index contributed by atoms with van der Waals surface area (Å²) >= 11 is 0. The van der Waals surface area contributed by atoms with Crippen molar-refractivity contribution < 1.29 is 14.7 Å². The lowest BCUT2D eigenvalue weighted by Crippen LogP contribution is -2.50. The third-order valence-corrected chi connectivity index (χ3v) is 4.35. The molecule has 2 N–H and O–H groups in total. The molecule has 0 aromatic carbocycles. The van der Waals surface area contributed by atoms with E-state index in [0.29, 0.717) is 30.8 Å². The van der Waals surface area contributed by atoms with E-state index in [4.69, 9.17) is 5.11 Å². The molecule has 2 amide bonds. The molecule has 1 aliphatic heterocycles. The highest BCUT2D eigenvalue weighted by atomic mass is 16.4. The van der Waals surface area contributed by atoms with Gasteiger partial charge in [0.15, 0.2) is 0 Å². The minimum absolute atomic E-state index is 0.163. The first kappa shape index (κ1) is 11.8. The van der Waals surface area contributed by atoms with Gasteiger partial charge in [-0.05, 0) is 50.4 Å². The molecule has 2 aliphatic carbocycles. The molecule has 2 saturated carbocycles. The Balaban J connectivity index is 1.61. The maximum absolute atomic E-state index is 12.2. The molecular formula is C13H20N2O3. The Morgan fingerprint density at radius 2 is 1.72 bits per heavy atom. The van der Waals surface area contributed by atoms with Crippen molar-refractivity contribution in [3.63, 3.8) is 0 Å². The van der Waals surface area contributed by atoms with Crippen LogP contribution in [0, 0.1) is 11.8 Å². The van der Waals surface area contributed by atoms with Crippen LogP contribution in [-0.2, 0) is 4.79 Å². The molecule has 0 unspecified atom stereocenters. The normalized spacial score (nSPS) is 27.6. The third kappa shape index (κ3) is 2.31. The standard InChI is InChI=1S/C13H20N2O3/c16-12(17)10-2-1-7-15(10)13(18)14-11(8-3-4-8)9-5-6-9/h8-11H,1-7H2,(H,14,18)(H,16,17)/t10-/m0/s1. The first-order valence-electron chi connectivity index (χ1n) is 6.97. The Hall–Kier alpha value is -1.26. The van der Waals surface area contributed by atoms with Gasteiger partial charge in [0.2, 0.25) is 0 Å². The SMILES string of the molecule is O=C(O)[C@@H]1CCCN1C(=O)NC(C1CC1)C1CC1. The average Bonchev–Trinajstić information content (AvgIpc) is 3.24. The molecule has 0 radical (unpaired) electrons. The number of likely N-dealkylation sites (tertiary alicyclic amines) is 1. The number of aliphatic carboxylic acids is 1. The zero-order chi connectivity index (χ0) is 12.7. The number of urea groups is 1. The number of nitrogens with zero attached hydrogens (tertiary/aromatic N) is 1. The number of carbonyl (C=O) groups is 2. The lowest BCUT2D eigenvalue weighted by Gasteiger charge is -2.26. The first-order valence-corrected chi connectivity index (χ1v) is 6.97. The summed E-state index contributed by atoms with van der Waals surface area (Å²) in [7, 11) is 0.